The zero-order valence-electron chi connectivity index (χ0n) is 15.6. The Kier molecular flexibility index (Phi) is 6.63. The molecule has 0 fully saturated rings. The van der Waals surface area contributed by atoms with E-state index in [4.69, 9.17) is 4.74 Å². The molecule has 27 heavy (non-hydrogen) atoms. The molecule has 1 N–H and O–H groups in total. The molecule has 2 aromatic carbocycles. The van der Waals surface area contributed by atoms with Gasteiger partial charge in [-0.3, -0.25) is 4.79 Å². The lowest BCUT2D eigenvalue weighted by molar-refractivity contribution is -0.123. The van der Waals surface area contributed by atoms with E-state index in [1.807, 2.05) is 48.7 Å². The third-order valence-corrected chi connectivity index (χ3v) is 4.37. The Bertz CT molecular complexity index is 842. The number of aryl methyl sites for hydroxylation is 1. The number of benzene rings is 2. The first-order valence-electron chi connectivity index (χ1n) is 9.27. The van der Waals surface area contributed by atoms with Crippen LogP contribution in [0.1, 0.15) is 23.9 Å². The van der Waals surface area contributed by atoms with E-state index in [0.29, 0.717) is 18.7 Å². The maximum atomic E-state index is 12.0. The van der Waals surface area contributed by atoms with Crippen LogP contribution in [0.3, 0.4) is 0 Å². The van der Waals surface area contributed by atoms with Gasteiger partial charge in [0.2, 0.25) is 0 Å². The van der Waals surface area contributed by atoms with Gasteiger partial charge in [-0.25, -0.2) is 4.98 Å². The molecular weight excluding hydrogens is 338 g/mol. The number of nitrogens with zero attached hydrogens (tertiary/aromatic N) is 2. The van der Waals surface area contributed by atoms with Gasteiger partial charge >= 0.3 is 0 Å². The van der Waals surface area contributed by atoms with Crippen molar-refractivity contribution in [3.63, 3.8) is 0 Å². The third-order valence-electron chi connectivity index (χ3n) is 4.37. The molecule has 0 unspecified atom stereocenters. The van der Waals surface area contributed by atoms with Crippen LogP contribution >= 0.6 is 0 Å². The first-order chi connectivity index (χ1) is 13.2. The molecule has 3 aromatic rings. The monoisotopic (exact) mass is 363 g/mol. The lowest BCUT2D eigenvalue weighted by atomic mass is 10.2. The first kappa shape index (κ1) is 18.7. The maximum Gasteiger partial charge on any atom is 0.257 e. The van der Waals surface area contributed by atoms with E-state index in [1.54, 1.807) is 6.20 Å². The zero-order chi connectivity index (χ0) is 18.9. The van der Waals surface area contributed by atoms with E-state index in [2.05, 4.69) is 33.9 Å². The number of carbonyl (C=O) groups excluding carboxylic acids is 1. The van der Waals surface area contributed by atoms with Crippen LogP contribution in [0.25, 0.3) is 0 Å². The van der Waals surface area contributed by atoms with Crippen molar-refractivity contribution in [2.24, 2.45) is 0 Å². The summed E-state index contributed by atoms with van der Waals surface area (Å²) in [5.74, 6) is 1.53. The standard InChI is InChI=1S/C22H25N3O2/c1-2-18-8-10-20(11-9-18)27-17-22(26)24-13-12-21-23-14-15-25(21)16-19-6-4-3-5-7-19/h3-11,14-15H,2,12-13,16-17H2,1H3,(H,24,26). The average Bonchev–Trinajstić information content (AvgIpc) is 3.14. The zero-order valence-corrected chi connectivity index (χ0v) is 15.6. The Hall–Kier alpha value is -3.08. The van der Waals surface area contributed by atoms with Crippen LogP contribution in [0.15, 0.2) is 67.0 Å². The molecule has 1 amide bonds. The normalized spacial score (nSPS) is 10.6. The van der Waals surface area contributed by atoms with Crippen LogP contribution in [0.2, 0.25) is 0 Å². The minimum absolute atomic E-state index is 0.0178. The lowest BCUT2D eigenvalue weighted by Gasteiger charge is -2.10. The predicted molar refractivity (Wildman–Crippen MR) is 106 cm³/mol. The number of nitrogens with one attached hydrogen (secondary N) is 1. The van der Waals surface area contributed by atoms with Gasteiger partial charge in [-0.2, -0.15) is 0 Å². The van der Waals surface area contributed by atoms with Crippen LogP contribution < -0.4 is 10.1 Å². The second-order valence-electron chi connectivity index (χ2n) is 6.34. The molecule has 140 valence electrons. The van der Waals surface area contributed by atoms with Gasteiger partial charge in [-0.15, -0.1) is 0 Å². The van der Waals surface area contributed by atoms with Crippen molar-refractivity contribution in [2.45, 2.75) is 26.3 Å². The molecule has 0 spiro atoms. The molecule has 0 bridgehead atoms. The Balaban J connectivity index is 1.41. The Morgan fingerprint density at radius 3 is 2.59 bits per heavy atom. The number of aromatic nitrogens is 2. The van der Waals surface area contributed by atoms with Crippen molar-refractivity contribution in [1.29, 1.82) is 0 Å². The SMILES string of the molecule is CCc1ccc(OCC(=O)NCCc2nccn2Cc2ccccc2)cc1. The van der Waals surface area contributed by atoms with E-state index in [-0.39, 0.29) is 12.5 Å². The number of rotatable bonds is 9. The molecule has 0 aliphatic rings. The molecule has 0 atom stereocenters. The summed E-state index contributed by atoms with van der Waals surface area (Å²) in [6.07, 6.45) is 5.42. The van der Waals surface area contributed by atoms with Crippen molar-refractivity contribution >= 4 is 5.91 Å². The first-order valence-corrected chi connectivity index (χ1v) is 9.27. The van der Waals surface area contributed by atoms with Gasteiger partial charge in [0.1, 0.15) is 11.6 Å². The molecule has 0 aliphatic carbocycles. The van der Waals surface area contributed by atoms with Gasteiger partial charge in [-0.1, -0.05) is 49.4 Å². The van der Waals surface area contributed by atoms with Gasteiger partial charge < -0.3 is 14.6 Å². The molecule has 3 rings (SSSR count). The summed E-state index contributed by atoms with van der Waals surface area (Å²) in [5, 5.41) is 2.89. The van der Waals surface area contributed by atoms with Crippen molar-refractivity contribution in [2.75, 3.05) is 13.2 Å². The molecule has 0 saturated heterocycles. The molecule has 1 heterocycles. The summed E-state index contributed by atoms with van der Waals surface area (Å²) < 4.78 is 7.63. The Labute approximate surface area is 160 Å². The quantitative estimate of drug-likeness (QED) is 0.635. The maximum absolute atomic E-state index is 12.0. The smallest absolute Gasteiger partial charge is 0.257 e. The van der Waals surface area contributed by atoms with Crippen molar-refractivity contribution in [1.82, 2.24) is 14.9 Å². The van der Waals surface area contributed by atoms with Crippen molar-refractivity contribution < 1.29 is 9.53 Å². The number of ether oxygens (including phenoxy) is 1. The third kappa shape index (κ3) is 5.71. The van der Waals surface area contributed by atoms with Crippen molar-refractivity contribution in [3.05, 3.63) is 83.9 Å². The highest BCUT2D eigenvalue weighted by Crippen LogP contribution is 2.12. The highest BCUT2D eigenvalue weighted by molar-refractivity contribution is 5.77. The van der Waals surface area contributed by atoms with Crippen LogP contribution in [0, 0.1) is 0 Å². The Morgan fingerprint density at radius 1 is 1.07 bits per heavy atom. The summed E-state index contributed by atoms with van der Waals surface area (Å²) in [4.78, 5) is 16.4. The molecular formula is C22H25N3O2. The summed E-state index contributed by atoms with van der Waals surface area (Å²) in [6, 6.07) is 18.1. The Morgan fingerprint density at radius 2 is 1.85 bits per heavy atom. The minimum atomic E-state index is -0.129. The van der Waals surface area contributed by atoms with Gasteiger partial charge in [0.05, 0.1) is 0 Å². The van der Waals surface area contributed by atoms with Crippen LogP contribution in [0.4, 0.5) is 0 Å². The molecule has 5 heteroatoms. The van der Waals surface area contributed by atoms with E-state index in [0.717, 1.165) is 18.8 Å². The number of amides is 1. The highest BCUT2D eigenvalue weighted by atomic mass is 16.5. The second kappa shape index (κ2) is 9.57. The number of carbonyl (C=O) groups is 1. The highest BCUT2D eigenvalue weighted by Gasteiger charge is 2.06. The molecule has 0 radical (unpaired) electrons. The number of hydrogen-bond acceptors (Lipinski definition) is 3. The lowest BCUT2D eigenvalue weighted by Crippen LogP contribution is -2.31. The predicted octanol–water partition coefficient (Wildman–Crippen LogP) is 3.23. The number of imidazole rings is 1. The number of hydrogen-bond donors (Lipinski definition) is 1. The van der Waals surface area contributed by atoms with Crippen molar-refractivity contribution in [3.8, 4) is 5.75 Å². The molecule has 0 saturated carbocycles. The fraction of sp³-hybridized carbons (Fsp3) is 0.273. The van der Waals surface area contributed by atoms with Gasteiger partial charge in [0, 0.05) is 31.9 Å². The van der Waals surface area contributed by atoms with Crippen LogP contribution in [0.5, 0.6) is 5.75 Å². The van der Waals surface area contributed by atoms with E-state index in [9.17, 15) is 4.79 Å². The fourth-order valence-corrected chi connectivity index (χ4v) is 2.83. The largest absolute Gasteiger partial charge is 0.484 e. The van der Waals surface area contributed by atoms with E-state index >= 15 is 0 Å². The summed E-state index contributed by atoms with van der Waals surface area (Å²) >= 11 is 0. The average molecular weight is 363 g/mol. The van der Waals surface area contributed by atoms with Crippen LogP contribution in [-0.4, -0.2) is 28.6 Å². The topological polar surface area (TPSA) is 56.1 Å². The van der Waals surface area contributed by atoms with E-state index in [1.165, 1.54) is 11.1 Å². The summed E-state index contributed by atoms with van der Waals surface area (Å²) in [6.45, 7) is 3.43. The van der Waals surface area contributed by atoms with Gasteiger partial charge in [0.15, 0.2) is 6.61 Å². The van der Waals surface area contributed by atoms with Crippen LogP contribution in [-0.2, 0) is 24.2 Å². The summed E-state index contributed by atoms with van der Waals surface area (Å²) in [5.41, 5.74) is 2.47. The minimum Gasteiger partial charge on any atom is -0.484 e. The summed E-state index contributed by atoms with van der Waals surface area (Å²) in [7, 11) is 0. The molecule has 5 nitrogen and oxygen atoms in total. The second-order valence-corrected chi connectivity index (χ2v) is 6.34. The van der Waals surface area contributed by atoms with E-state index < -0.39 is 0 Å². The fourth-order valence-electron chi connectivity index (χ4n) is 2.83. The molecule has 0 aliphatic heterocycles. The van der Waals surface area contributed by atoms with Gasteiger partial charge in [-0.05, 0) is 29.7 Å². The van der Waals surface area contributed by atoms with Gasteiger partial charge in [0.25, 0.3) is 5.91 Å². The molecule has 1 aromatic heterocycles.